The van der Waals surface area contributed by atoms with E-state index in [4.69, 9.17) is 9.05 Å². The molecule has 0 saturated heterocycles. The van der Waals surface area contributed by atoms with Crippen LogP contribution in [0.1, 0.15) is 26.5 Å². The van der Waals surface area contributed by atoms with Gasteiger partial charge in [-0.3, -0.25) is 4.57 Å². The van der Waals surface area contributed by atoms with Crippen LogP contribution in [0.4, 0.5) is 0 Å². The zero-order valence-electron chi connectivity index (χ0n) is 10.5. The molecule has 0 saturated carbocycles. The molecule has 1 aromatic rings. The summed E-state index contributed by atoms with van der Waals surface area (Å²) in [4.78, 5) is 0. The molecule has 0 bridgehead atoms. The summed E-state index contributed by atoms with van der Waals surface area (Å²) in [6.07, 6.45) is 1.98. The topological polar surface area (TPSA) is 40.5 Å². The molecular weight excluding hydrogens is 237 g/mol. The Bertz CT molecular complexity index is 480. The lowest BCUT2D eigenvalue weighted by molar-refractivity contribution is 0.225. The SMILES string of the molecule is CCOP(=O)(OCC)C1=C(C)c2cccn2C1. The first-order valence-electron chi connectivity index (χ1n) is 5.87. The second kappa shape index (κ2) is 4.81. The van der Waals surface area contributed by atoms with Gasteiger partial charge in [-0.05, 0) is 38.5 Å². The molecule has 0 aliphatic carbocycles. The smallest absolute Gasteiger partial charge is 0.343 e. The third kappa shape index (κ3) is 2.13. The molecule has 1 aliphatic rings. The largest absolute Gasteiger partial charge is 0.359 e. The molecule has 0 aromatic carbocycles. The van der Waals surface area contributed by atoms with Gasteiger partial charge in [0.15, 0.2) is 0 Å². The molecule has 0 unspecified atom stereocenters. The van der Waals surface area contributed by atoms with Gasteiger partial charge in [-0.25, -0.2) is 0 Å². The normalized spacial score (nSPS) is 15.5. The van der Waals surface area contributed by atoms with Crippen LogP contribution in [0.2, 0.25) is 0 Å². The third-order valence-corrected chi connectivity index (χ3v) is 5.23. The van der Waals surface area contributed by atoms with Gasteiger partial charge in [0.2, 0.25) is 0 Å². The Morgan fingerprint density at radius 3 is 2.53 bits per heavy atom. The molecule has 0 fully saturated rings. The first kappa shape index (κ1) is 12.6. The van der Waals surface area contributed by atoms with Crippen LogP contribution >= 0.6 is 7.60 Å². The van der Waals surface area contributed by atoms with Crippen LogP contribution in [0.25, 0.3) is 5.57 Å². The van der Waals surface area contributed by atoms with Crippen molar-refractivity contribution in [1.82, 2.24) is 4.57 Å². The van der Waals surface area contributed by atoms with Gasteiger partial charge >= 0.3 is 7.60 Å². The molecule has 0 radical (unpaired) electrons. The van der Waals surface area contributed by atoms with Crippen molar-refractivity contribution < 1.29 is 13.6 Å². The number of fused-ring (bicyclic) bond motifs is 1. The van der Waals surface area contributed by atoms with Gasteiger partial charge in [0.25, 0.3) is 0 Å². The highest BCUT2D eigenvalue weighted by Crippen LogP contribution is 2.60. The Balaban J connectivity index is 2.37. The van der Waals surface area contributed by atoms with Gasteiger partial charge in [-0.1, -0.05) is 0 Å². The molecule has 0 atom stereocenters. The molecule has 1 aromatic heterocycles. The molecule has 17 heavy (non-hydrogen) atoms. The molecule has 0 amide bonds. The quantitative estimate of drug-likeness (QED) is 0.756. The van der Waals surface area contributed by atoms with Crippen LogP contribution < -0.4 is 0 Å². The molecule has 2 heterocycles. The van der Waals surface area contributed by atoms with Crippen molar-refractivity contribution >= 4 is 13.2 Å². The Hall–Kier alpha value is -0.830. The second-order valence-corrected chi connectivity index (χ2v) is 5.98. The number of aromatic nitrogens is 1. The van der Waals surface area contributed by atoms with Crippen LogP contribution in [-0.2, 0) is 20.2 Å². The summed E-state index contributed by atoms with van der Waals surface area (Å²) in [6.45, 7) is 7.02. The summed E-state index contributed by atoms with van der Waals surface area (Å²) in [5, 5.41) is 0.789. The molecule has 0 N–H and O–H groups in total. The van der Waals surface area contributed by atoms with Gasteiger partial charge in [0, 0.05) is 11.9 Å². The molecule has 5 heteroatoms. The molecule has 4 nitrogen and oxygen atoms in total. The highest BCUT2D eigenvalue weighted by atomic mass is 31.2. The lowest BCUT2D eigenvalue weighted by Crippen LogP contribution is -2.01. The standard InChI is InChI=1S/C12H18NO3P/c1-4-15-17(14,16-5-2)12-9-13-8-6-7-11(13)10(12)3/h6-8H,4-5,9H2,1-3H3. The van der Waals surface area contributed by atoms with E-state index in [0.29, 0.717) is 19.8 Å². The Morgan fingerprint density at radius 1 is 1.35 bits per heavy atom. The number of allylic oxidation sites excluding steroid dienone is 2. The van der Waals surface area contributed by atoms with Gasteiger partial charge in [-0.2, -0.15) is 0 Å². The van der Waals surface area contributed by atoms with Crippen LogP contribution in [-0.4, -0.2) is 17.8 Å². The van der Waals surface area contributed by atoms with Crippen molar-refractivity contribution in [2.45, 2.75) is 27.3 Å². The average Bonchev–Trinajstić information content (AvgIpc) is 2.83. The van der Waals surface area contributed by atoms with Crippen LogP contribution in [0.15, 0.2) is 23.6 Å². The maximum atomic E-state index is 12.7. The Labute approximate surface area is 102 Å². The number of hydrogen-bond donors (Lipinski definition) is 0. The minimum absolute atomic E-state index is 0.392. The monoisotopic (exact) mass is 255 g/mol. The number of nitrogens with zero attached hydrogens (tertiary/aromatic N) is 1. The van der Waals surface area contributed by atoms with Crippen LogP contribution in [0.5, 0.6) is 0 Å². The van der Waals surface area contributed by atoms with E-state index in [1.165, 1.54) is 0 Å². The average molecular weight is 255 g/mol. The molecule has 94 valence electrons. The molecule has 0 spiro atoms. The second-order valence-electron chi connectivity index (χ2n) is 3.93. The summed E-state index contributed by atoms with van der Waals surface area (Å²) in [7, 11) is -3.11. The number of rotatable bonds is 5. The summed E-state index contributed by atoms with van der Waals surface area (Å²) in [5.74, 6) is 0. The van der Waals surface area contributed by atoms with E-state index >= 15 is 0 Å². The predicted molar refractivity (Wildman–Crippen MR) is 67.9 cm³/mol. The lowest BCUT2D eigenvalue weighted by Gasteiger charge is -2.18. The fraction of sp³-hybridized carbons (Fsp3) is 0.500. The fourth-order valence-electron chi connectivity index (χ4n) is 2.15. The highest BCUT2D eigenvalue weighted by molar-refractivity contribution is 7.58. The van der Waals surface area contributed by atoms with Crippen molar-refractivity contribution in [3.05, 3.63) is 29.3 Å². The van der Waals surface area contributed by atoms with Gasteiger partial charge in [-0.15, -0.1) is 0 Å². The molecule has 2 rings (SSSR count). The first-order valence-corrected chi connectivity index (χ1v) is 7.41. The first-order chi connectivity index (χ1) is 8.12. The summed E-state index contributed by atoms with van der Waals surface area (Å²) < 4.78 is 25.5. The van der Waals surface area contributed by atoms with Crippen molar-refractivity contribution in [3.63, 3.8) is 0 Å². The Kier molecular flexibility index (Phi) is 3.57. The zero-order valence-corrected chi connectivity index (χ0v) is 11.4. The van der Waals surface area contributed by atoms with Gasteiger partial charge in [0.1, 0.15) is 0 Å². The van der Waals surface area contributed by atoms with E-state index in [1.807, 2.05) is 39.1 Å². The van der Waals surface area contributed by atoms with Crippen molar-refractivity contribution in [2.75, 3.05) is 13.2 Å². The van der Waals surface area contributed by atoms with E-state index < -0.39 is 7.60 Å². The predicted octanol–water partition coefficient (Wildman–Crippen LogP) is 3.50. The van der Waals surface area contributed by atoms with Crippen LogP contribution in [0.3, 0.4) is 0 Å². The number of hydrogen-bond acceptors (Lipinski definition) is 3. The van der Waals surface area contributed by atoms with Crippen molar-refractivity contribution in [2.24, 2.45) is 0 Å². The van der Waals surface area contributed by atoms with E-state index in [2.05, 4.69) is 4.57 Å². The lowest BCUT2D eigenvalue weighted by atomic mass is 10.2. The van der Waals surface area contributed by atoms with Crippen molar-refractivity contribution in [1.29, 1.82) is 0 Å². The van der Waals surface area contributed by atoms with Crippen LogP contribution in [0, 0.1) is 0 Å². The van der Waals surface area contributed by atoms with Gasteiger partial charge < -0.3 is 13.6 Å². The van der Waals surface area contributed by atoms with E-state index in [1.54, 1.807) is 0 Å². The summed E-state index contributed by atoms with van der Waals surface area (Å²) >= 11 is 0. The van der Waals surface area contributed by atoms with Gasteiger partial charge in [0.05, 0.1) is 25.1 Å². The summed E-state index contributed by atoms with van der Waals surface area (Å²) in [6, 6.07) is 4.01. The minimum atomic E-state index is -3.11. The molecule has 1 aliphatic heterocycles. The van der Waals surface area contributed by atoms with E-state index in [-0.39, 0.29) is 0 Å². The van der Waals surface area contributed by atoms with Crippen molar-refractivity contribution in [3.8, 4) is 0 Å². The minimum Gasteiger partial charge on any atom is -0.343 e. The highest BCUT2D eigenvalue weighted by Gasteiger charge is 2.35. The zero-order chi connectivity index (χ0) is 12.5. The third-order valence-electron chi connectivity index (χ3n) is 2.90. The van der Waals surface area contributed by atoms with E-state index in [9.17, 15) is 4.57 Å². The fourth-order valence-corrected chi connectivity index (χ4v) is 4.06. The maximum Gasteiger partial charge on any atom is 0.359 e. The summed E-state index contributed by atoms with van der Waals surface area (Å²) in [5.41, 5.74) is 2.11. The molecular formula is C12H18NO3P. The maximum absolute atomic E-state index is 12.7. The Morgan fingerprint density at radius 2 is 2.00 bits per heavy atom. The van der Waals surface area contributed by atoms with E-state index in [0.717, 1.165) is 16.6 Å².